The van der Waals surface area contributed by atoms with Gasteiger partial charge in [0.2, 0.25) is 0 Å². The zero-order valence-corrected chi connectivity index (χ0v) is 9.63. The number of aryl methyl sites for hydroxylation is 1. The van der Waals surface area contributed by atoms with Crippen LogP contribution in [0, 0.1) is 12.8 Å². The summed E-state index contributed by atoms with van der Waals surface area (Å²) in [5.74, 6) is 0.891. The van der Waals surface area contributed by atoms with Gasteiger partial charge in [-0.1, -0.05) is 29.8 Å². The van der Waals surface area contributed by atoms with Gasteiger partial charge in [0.05, 0.1) is 0 Å². The van der Waals surface area contributed by atoms with Crippen molar-refractivity contribution in [2.24, 2.45) is 5.92 Å². The Morgan fingerprint density at radius 3 is 3.07 bits per heavy atom. The minimum Gasteiger partial charge on any atom is -0.317 e. The molecular formula is C14H21N. The number of hydrogen-bond acceptors (Lipinski definition) is 1. The summed E-state index contributed by atoms with van der Waals surface area (Å²) in [7, 11) is 0. The van der Waals surface area contributed by atoms with Gasteiger partial charge in [0.25, 0.3) is 0 Å². The largest absolute Gasteiger partial charge is 0.317 e. The molecule has 0 saturated carbocycles. The predicted molar refractivity (Wildman–Crippen MR) is 65.1 cm³/mol. The van der Waals surface area contributed by atoms with Crippen LogP contribution in [0.2, 0.25) is 0 Å². The Morgan fingerprint density at radius 2 is 2.20 bits per heavy atom. The van der Waals surface area contributed by atoms with E-state index >= 15 is 0 Å². The van der Waals surface area contributed by atoms with E-state index in [1.807, 2.05) is 0 Å². The number of benzene rings is 1. The van der Waals surface area contributed by atoms with Gasteiger partial charge >= 0.3 is 0 Å². The Balaban J connectivity index is 1.95. The van der Waals surface area contributed by atoms with E-state index in [4.69, 9.17) is 0 Å². The van der Waals surface area contributed by atoms with Crippen LogP contribution in [0.1, 0.15) is 30.4 Å². The van der Waals surface area contributed by atoms with E-state index in [0.29, 0.717) is 0 Å². The Morgan fingerprint density at radius 1 is 1.27 bits per heavy atom. The van der Waals surface area contributed by atoms with Gasteiger partial charge in [-0.15, -0.1) is 0 Å². The average molecular weight is 203 g/mol. The summed E-state index contributed by atoms with van der Waals surface area (Å²) in [6.07, 6.45) is 5.34. The van der Waals surface area contributed by atoms with Crippen LogP contribution in [0.3, 0.4) is 0 Å². The molecule has 1 unspecified atom stereocenters. The number of rotatable bonds is 2. The van der Waals surface area contributed by atoms with Crippen LogP contribution in [0.15, 0.2) is 24.3 Å². The molecule has 1 N–H and O–H groups in total. The van der Waals surface area contributed by atoms with Crippen molar-refractivity contribution in [3.8, 4) is 0 Å². The van der Waals surface area contributed by atoms with Crippen molar-refractivity contribution in [3.05, 3.63) is 35.4 Å². The van der Waals surface area contributed by atoms with Crippen molar-refractivity contribution < 1.29 is 0 Å². The van der Waals surface area contributed by atoms with E-state index < -0.39 is 0 Å². The summed E-state index contributed by atoms with van der Waals surface area (Å²) >= 11 is 0. The first-order valence-electron chi connectivity index (χ1n) is 6.11. The fourth-order valence-corrected chi connectivity index (χ4v) is 2.47. The summed E-state index contributed by atoms with van der Waals surface area (Å²) in [5, 5.41) is 3.47. The second-order valence-corrected chi connectivity index (χ2v) is 4.74. The van der Waals surface area contributed by atoms with Crippen LogP contribution in [0.5, 0.6) is 0 Å². The molecule has 0 aliphatic carbocycles. The van der Waals surface area contributed by atoms with Crippen LogP contribution in [-0.2, 0) is 6.42 Å². The SMILES string of the molecule is Cc1cccc(CC2CCCNCC2)c1. The quantitative estimate of drug-likeness (QED) is 0.779. The molecule has 1 aliphatic heterocycles. The summed E-state index contributed by atoms with van der Waals surface area (Å²) < 4.78 is 0. The van der Waals surface area contributed by atoms with Crippen LogP contribution in [-0.4, -0.2) is 13.1 Å². The van der Waals surface area contributed by atoms with Gasteiger partial charge < -0.3 is 5.32 Å². The van der Waals surface area contributed by atoms with E-state index in [9.17, 15) is 0 Å². The highest BCUT2D eigenvalue weighted by Crippen LogP contribution is 2.19. The van der Waals surface area contributed by atoms with Crippen LogP contribution < -0.4 is 5.32 Å². The van der Waals surface area contributed by atoms with E-state index in [2.05, 4.69) is 36.5 Å². The van der Waals surface area contributed by atoms with Crippen molar-refractivity contribution >= 4 is 0 Å². The first kappa shape index (κ1) is 10.7. The second kappa shape index (κ2) is 5.32. The van der Waals surface area contributed by atoms with E-state index in [1.54, 1.807) is 0 Å². The first-order chi connectivity index (χ1) is 7.34. The third kappa shape index (κ3) is 3.35. The molecule has 1 saturated heterocycles. The van der Waals surface area contributed by atoms with Gasteiger partial charge in [0.15, 0.2) is 0 Å². The molecule has 1 aromatic carbocycles. The second-order valence-electron chi connectivity index (χ2n) is 4.74. The number of nitrogens with one attached hydrogen (secondary N) is 1. The Hall–Kier alpha value is -0.820. The summed E-state index contributed by atoms with van der Waals surface area (Å²) in [4.78, 5) is 0. The van der Waals surface area contributed by atoms with Crippen molar-refractivity contribution in [2.75, 3.05) is 13.1 Å². The molecule has 1 nitrogen and oxygen atoms in total. The molecule has 0 amide bonds. The molecule has 2 rings (SSSR count). The van der Waals surface area contributed by atoms with Crippen LogP contribution >= 0.6 is 0 Å². The molecule has 15 heavy (non-hydrogen) atoms. The van der Waals surface area contributed by atoms with Crippen LogP contribution in [0.4, 0.5) is 0 Å². The zero-order chi connectivity index (χ0) is 10.5. The van der Waals surface area contributed by atoms with E-state index in [1.165, 1.54) is 49.9 Å². The maximum atomic E-state index is 3.47. The van der Waals surface area contributed by atoms with E-state index in [0.717, 1.165) is 5.92 Å². The van der Waals surface area contributed by atoms with Gasteiger partial charge in [0.1, 0.15) is 0 Å². The fourth-order valence-electron chi connectivity index (χ4n) is 2.47. The normalized spacial score (nSPS) is 22.3. The van der Waals surface area contributed by atoms with Crippen molar-refractivity contribution in [2.45, 2.75) is 32.6 Å². The zero-order valence-electron chi connectivity index (χ0n) is 9.63. The van der Waals surface area contributed by atoms with Gasteiger partial charge in [-0.05, 0) is 57.2 Å². The molecule has 0 bridgehead atoms. The molecule has 1 aliphatic rings. The van der Waals surface area contributed by atoms with Crippen LogP contribution in [0.25, 0.3) is 0 Å². The van der Waals surface area contributed by atoms with Gasteiger partial charge in [-0.3, -0.25) is 0 Å². The molecule has 1 heteroatoms. The van der Waals surface area contributed by atoms with Gasteiger partial charge in [-0.25, -0.2) is 0 Å². The molecule has 1 atom stereocenters. The highest BCUT2D eigenvalue weighted by atomic mass is 14.8. The average Bonchev–Trinajstić information content (AvgIpc) is 2.46. The highest BCUT2D eigenvalue weighted by molar-refractivity contribution is 5.22. The number of hydrogen-bond donors (Lipinski definition) is 1. The lowest BCUT2D eigenvalue weighted by Gasteiger charge is -2.13. The fraction of sp³-hybridized carbons (Fsp3) is 0.571. The lowest BCUT2D eigenvalue weighted by Crippen LogP contribution is -2.14. The van der Waals surface area contributed by atoms with Gasteiger partial charge in [0, 0.05) is 0 Å². The molecule has 1 heterocycles. The topological polar surface area (TPSA) is 12.0 Å². The Bertz CT molecular complexity index is 298. The smallest absolute Gasteiger partial charge is 0.00462 e. The summed E-state index contributed by atoms with van der Waals surface area (Å²) in [6, 6.07) is 8.96. The van der Waals surface area contributed by atoms with Crippen molar-refractivity contribution in [1.29, 1.82) is 0 Å². The highest BCUT2D eigenvalue weighted by Gasteiger charge is 2.12. The lowest BCUT2D eigenvalue weighted by molar-refractivity contribution is 0.470. The summed E-state index contributed by atoms with van der Waals surface area (Å²) in [6.45, 7) is 4.60. The minimum absolute atomic E-state index is 0.891. The maximum Gasteiger partial charge on any atom is -0.00462 e. The molecule has 0 spiro atoms. The Kier molecular flexibility index (Phi) is 3.79. The molecule has 1 aromatic rings. The minimum atomic E-state index is 0.891. The third-order valence-corrected chi connectivity index (χ3v) is 3.30. The van der Waals surface area contributed by atoms with E-state index in [-0.39, 0.29) is 0 Å². The molecule has 0 aromatic heterocycles. The first-order valence-corrected chi connectivity index (χ1v) is 6.11. The molecule has 1 fully saturated rings. The van der Waals surface area contributed by atoms with Crippen molar-refractivity contribution in [1.82, 2.24) is 5.32 Å². The standard InChI is InChI=1S/C14H21N/c1-12-4-2-5-14(10-12)11-13-6-3-8-15-9-7-13/h2,4-5,10,13,15H,3,6-9,11H2,1H3. The predicted octanol–water partition coefficient (Wildman–Crippen LogP) is 2.93. The monoisotopic (exact) mass is 203 g/mol. The lowest BCUT2D eigenvalue weighted by atomic mass is 9.92. The molecule has 0 radical (unpaired) electrons. The maximum absolute atomic E-state index is 3.47. The Labute approximate surface area is 92.9 Å². The summed E-state index contributed by atoms with van der Waals surface area (Å²) in [5.41, 5.74) is 2.90. The van der Waals surface area contributed by atoms with Crippen molar-refractivity contribution in [3.63, 3.8) is 0 Å². The molecule has 82 valence electrons. The molecular weight excluding hydrogens is 182 g/mol. The third-order valence-electron chi connectivity index (χ3n) is 3.30. The van der Waals surface area contributed by atoms with Gasteiger partial charge in [-0.2, -0.15) is 0 Å².